The number of aryl methyl sites for hydroxylation is 2. The number of nitrogens with zero attached hydrogens (tertiary/aromatic N) is 6. The number of aromatic nitrogens is 6. The Morgan fingerprint density at radius 1 is 1.35 bits per heavy atom. The lowest BCUT2D eigenvalue weighted by molar-refractivity contribution is -0.151. The molecule has 1 aliphatic heterocycles. The number of carbonyl (C=O) groups is 2. The van der Waals surface area contributed by atoms with Crippen molar-refractivity contribution >= 4 is 17.7 Å². The molecule has 4 rings (SSSR count). The highest BCUT2D eigenvalue weighted by atomic mass is 16.4. The fraction of sp³-hybridized carbons (Fsp3) is 0.375. The summed E-state index contributed by atoms with van der Waals surface area (Å²) >= 11 is 0. The molecule has 0 aromatic carbocycles. The van der Waals surface area contributed by atoms with Gasteiger partial charge in [0.2, 0.25) is 5.91 Å². The number of imidazole rings is 1. The van der Waals surface area contributed by atoms with Gasteiger partial charge in [0, 0.05) is 17.8 Å². The summed E-state index contributed by atoms with van der Waals surface area (Å²) in [4.78, 5) is 41.4. The normalized spacial score (nSPS) is 16.7. The zero-order valence-electron chi connectivity index (χ0n) is 14.3. The van der Waals surface area contributed by atoms with Crippen molar-refractivity contribution in [3.05, 3.63) is 41.0 Å². The number of carbonyl (C=O) groups excluding carboxylic acids is 1. The highest BCUT2D eigenvalue weighted by Gasteiger charge is 2.36. The number of nitrogens with one attached hydrogen (secondary N) is 1. The minimum Gasteiger partial charge on any atom is -0.480 e. The summed E-state index contributed by atoms with van der Waals surface area (Å²) in [7, 11) is 0. The van der Waals surface area contributed by atoms with Crippen LogP contribution in [0, 0.1) is 13.8 Å². The topological polar surface area (TPSA) is 129 Å². The van der Waals surface area contributed by atoms with Crippen molar-refractivity contribution in [1.82, 2.24) is 34.4 Å². The molecule has 4 heterocycles. The molecule has 2 N–H and O–H groups in total. The van der Waals surface area contributed by atoms with Gasteiger partial charge in [-0.1, -0.05) is 0 Å². The molecule has 0 bridgehead atoms. The van der Waals surface area contributed by atoms with E-state index in [9.17, 15) is 14.7 Å². The Morgan fingerprint density at radius 2 is 2.15 bits per heavy atom. The van der Waals surface area contributed by atoms with Crippen LogP contribution in [0.4, 0.5) is 0 Å². The molecule has 3 aromatic heterocycles. The van der Waals surface area contributed by atoms with Crippen LogP contribution in [0.1, 0.15) is 28.6 Å². The third kappa shape index (κ3) is 2.68. The summed E-state index contributed by atoms with van der Waals surface area (Å²) in [5.41, 5.74) is 3.12. The predicted octanol–water partition coefficient (Wildman–Crippen LogP) is 0.0448. The Balaban J connectivity index is 1.61. The van der Waals surface area contributed by atoms with E-state index in [2.05, 4.69) is 25.0 Å². The summed E-state index contributed by atoms with van der Waals surface area (Å²) in [6.07, 6.45) is 1.60. The van der Waals surface area contributed by atoms with Crippen molar-refractivity contribution in [3.63, 3.8) is 0 Å². The average molecular weight is 355 g/mol. The summed E-state index contributed by atoms with van der Waals surface area (Å²) in [6, 6.07) is 0.926. The molecule has 1 atom stereocenters. The summed E-state index contributed by atoms with van der Waals surface area (Å²) in [5.74, 6) is -0.656. The molecule has 3 aromatic rings. The number of rotatable bonds is 3. The SMILES string of the molecule is Cc1cc(C)n2nc(CC(=O)N3Cc4[nH]cnc4C[C@H]3C(=O)O)nc2n1. The van der Waals surface area contributed by atoms with Gasteiger partial charge in [0.05, 0.1) is 30.7 Å². The molecule has 0 unspecified atom stereocenters. The summed E-state index contributed by atoms with van der Waals surface area (Å²) in [5, 5.41) is 13.8. The standard InChI is InChI=1S/C16H17N7O3/c1-8-3-9(2)23-16(19-8)20-13(21-23)5-14(24)22-6-11-10(17-7-18-11)4-12(22)15(25)26/h3,7,12H,4-6H2,1-2H3,(H,17,18)(H,25,26)/t12-/m0/s1. The monoisotopic (exact) mass is 355 g/mol. The maximum absolute atomic E-state index is 12.8. The van der Waals surface area contributed by atoms with Gasteiger partial charge < -0.3 is 15.0 Å². The van der Waals surface area contributed by atoms with Gasteiger partial charge in [0.25, 0.3) is 5.78 Å². The number of hydrogen-bond donors (Lipinski definition) is 2. The average Bonchev–Trinajstić information content (AvgIpc) is 3.19. The Bertz CT molecular complexity index is 1020. The first kappa shape index (κ1) is 16.2. The van der Waals surface area contributed by atoms with Crippen LogP contribution in [0.15, 0.2) is 12.4 Å². The van der Waals surface area contributed by atoms with Crippen molar-refractivity contribution in [2.75, 3.05) is 0 Å². The number of fused-ring (bicyclic) bond motifs is 2. The molecule has 0 aliphatic carbocycles. The molecular formula is C16H17N7O3. The third-order valence-electron chi connectivity index (χ3n) is 4.48. The van der Waals surface area contributed by atoms with Crippen LogP contribution in [-0.2, 0) is 29.0 Å². The molecule has 0 saturated heterocycles. The number of carboxylic acid groups (broad SMARTS) is 1. The second-order valence-electron chi connectivity index (χ2n) is 6.36. The van der Waals surface area contributed by atoms with Gasteiger partial charge in [-0.2, -0.15) is 4.98 Å². The fourth-order valence-electron chi connectivity index (χ4n) is 3.24. The molecule has 10 nitrogen and oxygen atoms in total. The molecule has 134 valence electrons. The number of hydrogen-bond acceptors (Lipinski definition) is 6. The van der Waals surface area contributed by atoms with Crippen molar-refractivity contribution < 1.29 is 14.7 Å². The first-order valence-corrected chi connectivity index (χ1v) is 8.15. The lowest BCUT2D eigenvalue weighted by atomic mass is 10.0. The predicted molar refractivity (Wildman–Crippen MR) is 88.2 cm³/mol. The van der Waals surface area contributed by atoms with Crippen LogP contribution >= 0.6 is 0 Å². The van der Waals surface area contributed by atoms with Crippen LogP contribution < -0.4 is 0 Å². The smallest absolute Gasteiger partial charge is 0.326 e. The largest absolute Gasteiger partial charge is 0.480 e. The van der Waals surface area contributed by atoms with Gasteiger partial charge in [0.15, 0.2) is 5.82 Å². The molecule has 1 amide bonds. The number of H-pyrrole nitrogens is 1. The van der Waals surface area contributed by atoms with Crippen molar-refractivity contribution in [2.45, 2.75) is 39.3 Å². The van der Waals surface area contributed by atoms with Crippen LogP contribution in [-0.4, -0.2) is 57.5 Å². The van der Waals surface area contributed by atoms with Crippen molar-refractivity contribution in [3.8, 4) is 0 Å². The van der Waals surface area contributed by atoms with Gasteiger partial charge in [0.1, 0.15) is 6.04 Å². The second kappa shape index (κ2) is 5.90. The molecular weight excluding hydrogens is 338 g/mol. The van der Waals surface area contributed by atoms with E-state index in [0.717, 1.165) is 17.1 Å². The third-order valence-corrected chi connectivity index (χ3v) is 4.48. The van der Waals surface area contributed by atoms with E-state index in [0.29, 0.717) is 17.3 Å². The van der Waals surface area contributed by atoms with Crippen LogP contribution in [0.25, 0.3) is 5.78 Å². The number of carboxylic acids is 1. The van der Waals surface area contributed by atoms with Crippen LogP contribution in [0.2, 0.25) is 0 Å². The molecule has 0 saturated carbocycles. The van der Waals surface area contributed by atoms with Crippen molar-refractivity contribution in [1.29, 1.82) is 0 Å². The molecule has 0 fully saturated rings. The van der Waals surface area contributed by atoms with Crippen LogP contribution in [0.3, 0.4) is 0 Å². The van der Waals surface area contributed by atoms with E-state index >= 15 is 0 Å². The first-order valence-electron chi connectivity index (χ1n) is 8.15. The van der Waals surface area contributed by atoms with E-state index in [4.69, 9.17) is 0 Å². The van der Waals surface area contributed by atoms with E-state index in [1.807, 2.05) is 19.9 Å². The first-order chi connectivity index (χ1) is 12.4. The van der Waals surface area contributed by atoms with Gasteiger partial charge in [-0.05, 0) is 19.9 Å². The van der Waals surface area contributed by atoms with Gasteiger partial charge in [-0.15, -0.1) is 5.10 Å². The molecule has 0 radical (unpaired) electrons. The zero-order chi connectivity index (χ0) is 18.4. The highest BCUT2D eigenvalue weighted by molar-refractivity contribution is 5.85. The minimum absolute atomic E-state index is 0.0882. The Hall–Kier alpha value is -3.30. The second-order valence-corrected chi connectivity index (χ2v) is 6.36. The van der Waals surface area contributed by atoms with E-state index in [-0.39, 0.29) is 25.3 Å². The van der Waals surface area contributed by atoms with Crippen molar-refractivity contribution in [2.24, 2.45) is 0 Å². The fourth-order valence-corrected chi connectivity index (χ4v) is 3.24. The lowest BCUT2D eigenvalue weighted by Crippen LogP contribution is -2.49. The number of amides is 1. The quantitative estimate of drug-likeness (QED) is 0.679. The van der Waals surface area contributed by atoms with E-state index in [1.165, 1.54) is 11.2 Å². The Kier molecular flexibility index (Phi) is 3.67. The van der Waals surface area contributed by atoms with Crippen LogP contribution in [0.5, 0.6) is 0 Å². The molecule has 0 spiro atoms. The van der Waals surface area contributed by atoms with Gasteiger partial charge >= 0.3 is 5.97 Å². The van der Waals surface area contributed by atoms with E-state index < -0.39 is 12.0 Å². The van der Waals surface area contributed by atoms with Gasteiger partial charge in [-0.3, -0.25) is 4.79 Å². The number of aromatic amines is 1. The maximum atomic E-state index is 12.8. The summed E-state index contributed by atoms with van der Waals surface area (Å²) < 4.78 is 1.58. The Labute approximate surface area is 147 Å². The molecule has 26 heavy (non-hydrogen) atoms. The highest BCUT2D eigenvalue weighted by Crippen LogP contribution is 2.21. The van der Waals surface area contributed by atoms with Gasteiger partial charge in [-0.25, -0.2) is 19.3 Å². The Morgan fingerprint density at radius 3 is 2.92 bits per heavy atom. The lowest BCUT2D eigenvalue weighted by Gasteiger charge is -2.32. The zero-order valence-corrected chi connectivity index (χ0v) is 14.3. The molecule has 10 heteroatoms. The summed E-state index contributed by atoms with van der Waals surface area (Å²) in [6.45, 7) is 3.92. The van der Waals surface area contributed by atoms with E-state index in [1.54, 1.807) is 4.52 Å². The minimum atomic E-state index is -1.05. The molecule has 1 aliphatic rings. The maximum Gasteiger partial charge on any atom is 0.326 e. The number of aliphatic carboxylic acids is 1.